The second-order valence-electron chi connectivity index (χ2n) is 7.69. The van der Waals surface area contributed by atoms with E-state index in [0.717, 1.165) is 48.8 Å². The molecule has 2 atom stereocenters. The molecular weight excluding hydrogens is 386 g/mol. The molecule has 150 valence electrons. The van der Waals surface area contributed by atoms with E-state index in [0.29, 0.717) is 16.9 Å². The van der Waals surface area contributed by atoms with Crippen LogP contribution in [0.1, 0.15) is 66.8 Å². The minimum Gasteiger partial charge on any atom is -0.339 e. The van der Waals surface area contributed by atoms with E-state index in [1.807, 2.05) is 18.5 Å². The Hall–Kier alpha value is -2.68. The predicted octanol–water partition coefficient (Wildman–Crippen LogP) is 3.25. The Morgan fingerprint density at radius 3 is 2.90 bits per heavy atom. The lowest BCUT2D eigenvalue weighted by atomic mass is 9.90. The number of carbonyl (C=O) groups excluding carboxylic acids is 1. The second kappa shape index (κ2) is 6.69. The van der Waals surface area contributed by atoms with Gasteiger partial charge in [0.2, 0.25) is 0 Å². The highest BCUT2D eigenvalue weighted by molar-refractivity contribution is 7.11. The van der Waals surface area contributed by atoms with Crippen molar-refractivity contribution in [3.63, 3.8) is 0 Å². The maximum absolute atomic E-state index is 12.6. The molecule has 2 aliphatic rings. The lowest BCUT2D eigenvalue weighted by Gasteiger charge is -2.45. The van der Waals surface area contributed by atoms with Crippen LogP contribution in [0.25, 0.3) is 5.69 Å². The third-order valence-electron chi connectivity index (χ3n) is 6.27. The molecular formula is C20H23N7OS. The summed E-state index contributed by atoms with van der Waals surface area (Å²) in [5.41, 5.74) is 0.692. The van der Waals surface area contributed by atoms with Crippen LogP contribution in [0, 0.1) is 6.92 Å². The molecule has 29 heavy (non-hydrogen) atoms. The number of ketones is 1. The fourth-order valence-electron chi connectivity index (χ4n) is 4.85. The van der Waals surface area contributed by atoms with Gasteiger partial charge in [-0.05, 0) is 32.6 Å². The number of fused-ring (bicyclic) bond motifs is 6. The van der Waals surface area contributed by atoms with Crippen molar-refractivity contribution in [1.82, 2.24) is 29.7 Å². The van der Waals surface area contributed by atoms with Crippen LogP contribution in [0.3, 0.4) is 0 Å². The van der Waals surface area contributed by atoms with Crippen molar-refractivity contribution >= 4 is 22.9 Å². The Morgan fingerprint density at radius 2 is 2.17 bits per heavy atom. The highest BCUT2D eigenvalue weighted by atomic mass is 32.1. The molecule has 0 aromatic carbocycles. The number of anilines is 1. The van der Waals surface area contributed by atoms with Gasteiger partial charge in [-0.15, -0.1) is 21.5 Å². The van der Waals surface area contributed by atoms with Crippen LogP contribution < -0.4 is 4.90 Å². The molecule has 0 aliphatic carbocycles. The molecule has 2 aliphatic heterocycles. The van der Waals surface area contributed by atoms with E-state index >= 15 is 0 Å². The van der Waals surface area contributed by atoms with Crippen molar-refractivity contribution in [2.75, 3.05) is 4.90 Å². The lowest BCUT2D eigenvalue weighted by molar-refractivity contribution is 0.0990. The smallest absolute Gasteiger partial charge is 0.198 e. The van der Waals surface area contributed by atoms with Crippen LogP contribution in [-0.2, 0) is 12.0 Å². The number of hydrogen-bond acceptors (Lipinski definition) is 8. The fourth-order valence-corrected chi connectivity index (χ4v) is 5.42. The normalized spacial score (nSPS) is 22.3. The first-order valence-corrected chi connectivity index (χ1v) is 11.0. The number of Topliss-reactive ketones (excluding diaryl/α,β-unsaturated/α-hetero) is 1. The summed E-state index contributed by atoms with van der Waals surface area (Å²) in [4.78, 5) is 28.5. The van der Waals surface area contributed by atoms with Crippen LogP contribution in [0.2, 0.25) is 0 Å². The quantitative estimate of drug-likeness (QED) is 0.598. The topological polar surface area (TPSA) is 89.7 Å². The first kappa shape index (κ1) is 18.4. The Bertz CT molecular complexity index is 1080. The number of nitrogens with zero attached hydrogens (tertiary/aromatic N) is 7. The molecule has 0 bridgehead atoms. The van der Waals surface area contributed by atoms with Crippen molar-refractivity contribution in [3.8, 4) is 5.69 Å². The summed E-state index contributed by atoms with van der Waals surface area (Å²) in [6.07, 6.45) is 7.69. The van der Waals surface area contributed by atoms with E-state index in [-0.39, 0.29) is 17.7 Å². The van der Waals surface area contributed by atoms with Gasteiger partial charge >= 0.3 is 0 Å². The molecule has 0 spiro atoms. The Kier molecular flexibility index (Phi) is 4.23. The SMILES string of the molecule is CC[C@@H]1CC[C@@]2(CC)c3nnc(C)n3-c3cnc(CC(=O)c4nccs4)nc3N12. The van der Waals surface area contributed by atoms with Gasteiger partial charge in [-0.25, -0.2) is 15.0 Å². The third kappa shape index (κ3) is 2.56. The highest BCUT2D eigenvalue weighted by Crippen LogP contribution is 2.51. The third-order valence-corrected chi connectivity index (χ3v) is 7.09. The molecule has 5 heterocycles. The van der Waals surface area contributed by atoms with Crippen molar-refractivity contribution in [1.29, 1.82) is 0 Å². The number of aryl methyl sites for hydroxylation is 1. The summed E-state index contributed by atoms with van der Waals surface area (Å²) < 4.78 is 2.10. The largest absolute Gasteiger partial charge is 0.339 e. The van der Waals surface area contributed by atoms with Gasteiger partial charge < -0.3 is 4.90 Å². The zero-order valence-corrected chi connectivity index (χ0v) is 17.6. The molecule has 3 aromatic heterocycles. The number of thiazole rings is 1. The van der Waals surface area contributed by atoms with Gasteiger partial charge in [0.25, 0.3) is 0 Å². The predicted molar refractivity (Wildman–Crippen MR) is 110 cm³/mol. The van der Waals surface area contributed by atoms with Crippen LogP contribution in [0.15, 0.2) is 17.8 Å². The molecule has 9 heteroatoms. The molecule has 8 nitrogen and oxygen atoms in total. The van der Waals surface area contributed by atoms with Gasteiger partial charge in [0.15, 0.2) is 22.4 Å². The maximum atomic E-state index is 12.6. The molecule has 1 saturated heterocycles. The second-order valence-corrected chi connectivity index (χ2v) is 8.59. The first-order chi connectivity index (χ1) is 14.1. The molecule has 5 rings (SSSR count). The van der Waals surface area contributed by atoms with Crippen LogP contribution in [-0.4, -0.2) is 41.5 Å². The van der Waals surface area contributed by atoms with Gasteiger partial charge in [0.05, 0.1) is 12.6 Å². The van der Waals surface area contributed by atoms with Crippen molar-refractivity contribution in [3.05, 3.63) is 40.3 Å². The van der Waals surface area contributed by atoms with Gasteiger partial charge in [-0.1, -0.05) is 13.8 Å². The maximum Gasteiger partial charge on any atom is 0.198 e. The number of hydrogen-bond donors (Lipinski definition) is 0. The average molecular weight is 410 g/mol. The first-order valence-electron chi connectivity index (χ1n) is 10.1. The molecule has 0 unspecified atom stereocenters. The molecule has 0 radical (unpaired) electrons. The van der Waals surface area contributed by atoms with Crippen LogP contribution in [0.4, 0.5) is 5.82 Å². The van der Waals surface area contributed by atoms with E-state index in [9.17, 15) is 4.79 Å². The van der Waals surface area contributed by atoms with Gasteiger partial charge in [-0.2, -0.15) is 0 Å². The highest BCUT2D eigenvalue weighted by Gasteiger charge is 2.53. The standard InChI is InChI=1S/C20H23N7OS/c1-4-13-6-7-20(5-2)19-25-24-12(3)26(19)14-11-22-16(23-17(14)27(13)20)10-15(28)18-21-8-9-29-18/h8-9,11,13H,4-7,10H2,1-3H3/t13-,20+/m1/s1. The van der Waals surface area contributed by atoms with E-state index in [4.69, 9.17) is 4.98 Å². The van der Waals surface area contributed by atoms with Gasteiger partial charge in [0, 0.05) is 17.6 Å². The van der Waals surface area contributed by atoms with Crippen molar-refractivity contribution in [2.45, 2.75) is 64.5 Å². The van der Waals surface area contributed by atoms with Gasteiger partial charge in [-0.3, -0.25) is 9.36 Å². The average Bonchev–Trinajstić information content (AvgIpc) is 3.47. The molecule has 3 aromatic rings. The summed E-state index contributed by atoms with van der Waals surface area (Å²) in [7, 11) is 0. The van der Waals surface area contributed by atoms with Crippen molar-refractivity contribution < 1.29 is 4.79 Å². The Morgan fingerprint density at radius 1 is 1.31 bits per heavy atom. The Labute approximate surface area is 173 Å². The van der Waals surface area contributed by atoms with Crippen LogP contribution in [0.5, 0.6) is 0 Å². The van der Waals surface area contributed by atoms with E-state index in [1.165, 1.54) is 11.3 Å². The molecule has 0 N–H and O–H groups in total. The molecule has 0 saturated carbocycles. The van der Waals surface area contributed by atoms with E-state index < -0.39 is 0 Å². The minimum absolute atomic E-state index is 0.0489. The van der Waals surface area contributed by atoms with Crippen LogP contribution >= 0.6 is 11.3 Å². The summed E-state index contributed by atoms with van der Waals surface area (Å²) in [5.74, 6) is 3.20. The van der Waals surface area contributed by atoms with E-state index in [1.54, 1.807) is 6.20 Å². The van der Waals surface area contributed by atoms with Gasteiger partial charge in [0.1, 0.15) is 22.9 Å². The minimum atomic E-state index is -0.208. The fraction of sp³-hybridized carbons (Fsp3) is 0.500. The number of rotatable bonds is 5. The molecule has 0 amide bonds. The lowest BCUT2D eigenvalue weighted by Crippen LogP contribution is -2.50. The van der Waals surface area contributed by atoms with E-state index in [2.05, 4.69) is 43.5 Å². The zero-order valence-electron chi connectivity index (χ0n) is 16.8. The summed E-state index contributed by atoms with van der Waals surface area (Å²) in [6, 6.07) is 0.386. The summed E-state index contributed by atoms with van der Waals surface area (Å²) in [6.45, 7) is 6.39. The zero-order chi connectivity index (χ0) is 20.2. The number of carbonyl (C=O) groups is 1. The molecule has 1 fully saturated rings. The van der Waals surface area contributed by atoms with Crippen molar-refractivity contribution in [2.24, 2.45) is 0 Å². The monoisotopic (exact) mass is 409 g/mol. The number of aromatic nitrogens is 6. The summed E-state index contributed by atoms with van der Waals surface area (Å²) in [5, 5.41) is 11.3. The Balaban J connectivity index is 1.64. The summed E-state index contributed by atoms with van der Waals surface area (Å²) >= 11 is 1.35.